The maximum atomic E-state index is 13.4. The average Bonchev–Trinajstić information content (AvgIpc) is 2.14. The van der Waals surface area contributed by atoms with Crippen molar-refractivity contribution in [2.24, 2.45) is 5.92 Å². The normalized spacial score (nSPS) is 14.2. The molecule has 0 aromatic carbocycles. The van der Waals surface area contributed by atoms with Gasteiger partial charge in [-0.3, -0.25) is 0 Å². The topological polar surface area (TPSA) is 0 Å². The van der Waals surface area contributed by atoms with E-state index in [0.717, 1.165) is 32.1 Å². The van der Waals surface area contributed by atoms with E-state index < -0.39 is 5.92 Å². The maximum Gasteiger partial charge on any atom is 0.248 e. The number of halogens is 2. The zero-order chi connectivity index (χ0) is 11.7. The van der Waals surface area contributed by atoms with E-state index in [1.807, 2.05) is 13.8 Å². The summed E-state index contributed by atoms with van der Waals surface area (Å²) in [5.74, 6) is -2.26. The molecule has 0 aromatic heterocycles. The van der Waals surface area contributed by atoms with Crippen LogP contribution in [0.25, 0.3) is 0 Å². The summed E-state index contributed by atoms with van der Waals surface area (Å²) < 4.78 is 26.8. The minimum atomic E-state index is -2.43. The summed E-state index contributed by atoms with van der Waals surface area (Å²) in [6.07, 6.45) is 5.90. The van der Waals surface area contributed by atoms with E-state index in [0.29, 0.717) is 6.42 Å². The molecule has 0 aliphatic heterocycles. The summed E-state index contributed by atoms with van der Waals surface area (Å²) in [6, 6.07) is 0. The first kappa shape index (κ1) is 14.9. The van der Waals surface area contributed by atoms with Gasteiger partial charge in [-0.15, -0.1) is 0 Å². The Morgan fingerprint density at radius 3 is 2.13 bits per heavy atom. The van der Waals surface area contributed by atoms with Gasteiger partial charge >= 0.3 is 0 Å². The van der Waals surface area contributed by atoms with Gasteiger partial charge in [0.05, 0.1) is 0 Å². The Bertz CT molecular complexity index is 143. The summed E-state index contributed by atoms with van der Waals surface area (Å²) in [6.45, 7) is 6.09. The summed E-state index contributed by atoms with van der Waals surface area (Å²) in [4.78, 5) is 0. The van der Waals surface area contributed by atoms with Crippen molar-refractivity contribution in [3.05, 3.63) is 0 Å². The molecule has 1 atom stereocenters. The number of unbranched alkanes of at least 4 members (excludes halogenated alkanes) is 3. The molecule has 0 rings (SSSR count). The molecule has 0 fully saturated rings. The lowest BCUT2D eigenvalue weighted by Gasteiger charge is -2.20. The van der Waals surface area contributed by atoms with Crippen LogP contribution >= 0.6 is 0 Å². The van der Waals surface area contributed by atoms with Crippen molar-refractivity contribution >= 4 is 0 Å². The van der Waals surface area contributed by atoms with Crippen molar-refractivity contribution in [3.8, 4) is 0 Å². The first-order valence-corrected chi connectivity index (χ1v) is 6.39. The van der Waals surface area contributed by atoms with Crippen LogP contribution in [0.1, 0.15) is 72.1 Å². The molecule has 0 saturated heterocycles. The molecule has 0 N–H and O–H groups in total. The highest BCUT2D eigenvalue weighted by Crippen LogP contribution is 2.31. The van der Waals surface area contributed by atoms with Crippen LogP contribution in [0.2, 0.25) is 0 Å². The Kier molecular flexibility index (Phi) is 7.99. The highest BCUT2D eigenvalue weighted by Gasteiger charge is 2.29. The van der Waals surface area contributed by atoms with Crippen molar-refractivity contribution in [3.63, 3.8) is 0 Å². The number of hydrogen-bond acceptors (Lipinski definition) is 0. The maximum absolute atomic E-state index is 13.4. The van der Waals surface area contributed by atoms with Crippen molar-refractivity contribution in [1.29, 1.82) is 0 Å². The van der Waals surface area contributed by atoms with Gasteiger partial charge in [-0.2, -0.15) is 0 Å². The zero-order valence-corrected chi connectivity index (χ0v) is 10.5. The second-order valence-corrected chi connectivity index (χ2v) is 4.76. The van der Waals surface area contributed by atoms with E-state index in [9.17, 15) is 8.78 Å². The van der Waals surface area contributed by atoms with Crippen LogP contribution in [0.4, 0.5) is 8.78 Å². The Morgan fingerprint density at radius 2 is 1.60 bits per heavy atom. The summed E-state index contributed by atoms with van der Waals surface area (Å²) >= 11 is 0. The van der Waals surface area contributed by atoms with Gasteiger partial charge in [-0.05, 0) is 12.3 Å². The minimum Gasteiger partial charge on any atom is -0.207 e. The van der Waals surface area contributed by atoms with Crippen molar-refractivity contribution in [1.82, 2.24) is 0 Å². The van der Waals surface area contributed by atoms with Crippen LogP contribution in [-0.2, 0) is 0 Å². The van der Waals surface area contributed by atoms with E-state index in [4.69, 9.17) is 0 Å². The fraction of sp³-hybridized carbons (Fsp3) is 1.00. The van der Waals surface area contributed by atoms with Crippen LogP contribution < -0.4 is 0 Å². The van der Waals surface area contributed by atoms with Gasteiger partial charge in [-0.25, -0.2) is 8.78 Å². The molecule has 0 bridgehead atoms. The molecule has 0 aliphatic carbocycles. The first-order chi connectivity index (χ1) is 7.02. The third kappa shape index (κ3) is 8.83. The van der Waals surface area contributed by atoms with Gasteiger partial charge in [0, 0.05) is 12.8 Å². The lowest BCUT2D eigenvalue weighted by atomic mass is 9.94. The lowest BCUT2D eigenvalue weighted by molar-refractivity contribution is -0.0319. The molecule has 0 radical (unpaired) electrons. The van der Waals surface area contributed by atoms with E-state index in [-0.39, 0.29) is 18.8 Å². The van der Waals surface area contributed by atoms with Crippen molar-refractivity contribution in [2.75, 3.05) is 0 Å². The summed E-state index contributed by atoms with van der Waals surface area (Å²) in [5, 5.41) is 0. The summed E-state index contributed by atoms with van der Waals surface area (Å²) in [7, 11) is 0. The smallest absolute Gasteiger partial charge is 0.207 e. The molecule has 0 aromatic rings. The van der Waals surface area contributed by atoms with Crippen LogP contribution in [0, 0.1) is 5.92 Å². The third-order valence-corrected chi connectivity index (χ3v) is 2.84. The quantitative estimate of drug-likeness (QED) is 0.455. The molecule has 0 spiro atoms. The van der Waals surface area contributed by atoms with Crippen LogP contribution in [0.5, 0.6) is 0 Å². The van der Waals surface area contributed by atoms with Gasteiger partial charge in [0.15, 0.2) is 0 Å². The van der Waals surface area contributed by atoms with Gasteiger partial charge in [0.2, 0.25) is 5.92 Å². The lowest BCUT2D eigenvalue weighted by Crippen LogP contribution is -2.19. The van der Waals surface area contributed by atoms with Crippen LogP contribution in [0.15, 0.2) is 0 Å². The fourth-order valence-electron chi connectivity index (χ4n) is 1.90. The second kappa shape index (κ2) is 8.06. The Morgan fingerprint density at radius 1 is 1.00 bits per heavy atom. The Hall–Kier alpha value is -0.140. The summed E-state index contributed by atoms with van der Waals surface area (Å²) in [5.41, 5.74) is 0. The molecule has 15 heavy (non-hydrogen) atoms. The monoisotopic (exact) mass is 220 g/mol. The predicted molar refractivity (Wildman–Crippen MR) is 62.4 cm³/mol. The molecule has 0 amide bonds. The SMILES string of the molecule is CCCCCC(F)(F)CC(C)CCCC. The minimum absolute atomic E-state index is 0.0801. The highest BCUT2D eigenvalue weighted by molar-refractivity contribution is 4.70. The van der Waals surface area contributed by atoms with Crippen molar-refractivity contribution in [2.45, 2.75) is 78.1 Å². The van der Waals surface area contributed by atoms with Crippen molar-refractivity contribution < 1.29 is 8.78 Å². The van der Waals surface area contributed by atoms with Gasteiger partial charge in [-0.1, -0.05) is 52.9 Å². The molecular weight excluding hydrogens is 194 g/mol. The Labute approximate surface area is 93.4 Å². The van der Waals surface area contributed by atoms with E-state index >= 15 is 0 Å². The fourth-order valence-corrected chi connectivity index (χ4v) is 1.90. The number of rotatable bonds is 9. The Balaban J connectivity index is 3.69. The van der Waals surface area contributed by atoms with E-state index in [1.165, 1.54) is 0 Å². The molecular formula is C13H26F2. The molecule has 0 heterocycles. The standard InChI is InChI=1S/C13H26F2/c1-4-6-8-10-13(14,15)11-12(3)9-7-5-2/h12H,4-11H2,1-3H3. The van der Waals surface area contributed by atoms with Gasteiger partial charge in [0.1, 0.15) is 0 Å². The molecule has 2 heteroatoms. The molecule has 1 unspecified atom stereocenters. The average molecular weight is 220 g/mol. The van der Waals surface area contributed by atoms with Gasteiger partial charge in [0.25, 0.3) is 0 Å². The van der Waals surface area contributed by atoms with E-state index in [1.54, 1.807) is 0 Å². The predicted octanol–water partition coefficient (Wildman–Crippen LogP) is 5.42. The third-order valence-electron chi connectivity index (χ3n) is 2.84. The van der Waals surface area contributed by atoms with Crippen LogP contribution in [0.3, 0.4) is 0 Å². The largest absolute Gasteiger partial charge is 0.248 e. The van der Waals surface area contributed by atoms with Crippen LogP contribution in [-0.4, -0.2) is 5.92 Å². The van der Waals surface area contributed by atoms with Gasteiger partial charge < -0.3 is 0 Å². The second-order valence-electron chi connectivity index (χ2n) is 4.76. The first-order valence-electron chi connectivity index (χ1n) is 6.39. The number of alkyl halides is 2. The van der Waals surface area contributed by atoms with E-state index in [2.05, 4.69) is 6.92 Å². The molecule has 0 saturated carbocycles. The highest BCUT2D eigenvalue weighted by atomic mass is 19.3. The number of hydrogen-bond donors (Lipinski definition) is 0. The zero-order valence-electron chi connectivity index (χ0n) is 10.5. The molecule has 0 aliphatic rings. The molecule has 0 nitrogen and oxygen atoms in total. The molecule has 92 valence electrons.